The summed E-state index contributed by atoms with van der Waals surface area (Å²) in [5.41, 5.74) is 1.86. The highest BCUT2D eigenvalue weighted by Crippen LogP contribution is 2.44. The number of ether oxygens (including phenoxy) is 2. The van der Waals surface area contributed by atoms with Crippen molar-refractivity contribution in [3.05, 3.63) is 44.7 Å². The van der Waals surface area contributed by atoms with Crippen LogP contribution in [0, 0.1) is 3.57 Å². The number of rotatable bonds is 6. The molecule has 1 fully saturated rings. The number of allylic oxidation sites excluding steroid dienone is 1. The Labute approximate surface area is 176 Å². The van der Waals surface area contributed by atoms with Gasteiger partial charge in [-0.05, 0) is 53.6 Å². The maximum Gasteiger partial charge on any atom is 0.338 e. The van der Waals surface area contributed by atoms with Gasteiger partial charge in [-0.2, -0.15) is 0 Å². The van der Waals surface area contributed by atoms with E-state index in [1.165, 1.54) is 11.8 Å². The summed E-state index contributed by atoms with van der Waals surface area (Å²) in [6, 6.07) is 7.30. The van der Waals surface area contributed by atoms with Crippen molar-refractivity contribution in [3.8, 4) is 0 Å². The number of amides is 1. The molecular weight excluding hydrogens is 479 g/mol. The maximum absolute atomic E-state index is 13.0. The van der Waals surface area contributed by atoms with E-state index in [2.05, 4.69) is 27.6 Å². The van der Waals surface area contributed by atoms with Gasteiger partial charge in [0.05, 0.1) is 29.2 Å². The summed E-state index contributed by atoms with van der Waals surface area (Å²) >= 11 is 3.69. The third-order valence-electron chi connectivity index (χ3n) is 4.45. The molecule has 1 saturated heterocycles. The summed E-state index contributed by atoms with van der Waals surface area (Å²) in [5, 5.41) is 0.480. The molecule has 1 aromatic carbocycles. The van der Waals surface area contributed by atoms with Gasteiger partial charge in [0, 0.05) is 10.7 Å². The number of methoxy groups -OCH3 is 1. The number of halogens is 1. The first kappa shape index (κ1) is 20.3. The molecule has 0 spiro atoms. The quantitative estimate of drug-likeness (QED) is 0.340. The molecular formula is C19H21IN2O4S. The second kappa shape index (κ2) is 8.74. The van der Waals surface area contributed by atoms with Gasteiger partial charge in [-0.1, -0.05) is 30.8 Å². The Morgan fingerprint density at radius 1 is 1.30 bits per heavy atom. The average Bonchev–Trinajstić information content (AvgIpc) is 2.96. The van der Waals surface area contributed by atoms with Crippen LogP contribution in [0.1, 0.15) is 31.9 Å². The van der Waals surface area contributed by atoms with Crippen molar-refractivity contribution in [1.82, 2.24) is 4.90 Å². The van der Waals surface area contributed by atoms with E-state index in [9.17, 15) is 9.59 Å². The molecule has 0 saturated carbocycles. The molecule has 0 radical (unpaired) electrons. The Hall–Kier alpha value is -1.39. The Kier molecular flexibility index (Phi) is 6.59. The minimum atomic E-state index is -0.527. The molecule has 8 heteroatoms. The molecule has 2 aliphatic rings. The van der Waals surface area contributed by atoms with Gasteiger partial charge in [-0.25, -0.2) is 9.79 Å². The molecule has 0 N–H and O–H groups in total. The van der Waals surface area contributed by atoms with E-state index >= 15 is 0 Å². The van der Waals surface area contributed by atoms with Gasteiger partial charge < -0.3 is 9.47 Å². The molecule has 144 valence electrons. The van der Waals surface area contributed by atoms with Crippen molar-refractivity contribution >= 4 is 51.4 Å². The van der Waals surface area contributed by atoms with Gasteiger partial charge in [0.1, 0.15) is 6.61 Å². The minimum absolute atomic E-state index is 0.0144. The highest BCUT2D eigenvalue weighted by molar-refractivity contribution is 14.1. The van der Waals surface area contributed by atoms with Crippen LogP contribution in [0.2, 0.25) is 0 Å². The van der Waals surface area contributed by atoms with Crippen molar-refractivity contribution in [2.24, 2.45) is 4.99 Å². The van der Waals surface area contributed by atoms with Crippen LogP contribution in [-0.4, -0.2) is 47.5 Å². The van der Waals surface area contributed by atoms with Crippen LogP contribution in [0.25, 0.3) is 0 Å². The number of thioether (sulfide) groups is 1. The van der Waals surface area contributed by atoms with E-state index in [0.717, 1.165) is 9.13 Å². The number of hydrogen-bond acceptors (Lipinski definition) is 6. The molecule has 2 aliphatic heterocycles. The first-order valence-electron chi connectivity index (χ1n) is 8.68. The third kappa shape index (κ3) is 4.07. The molecule has 0 aromatic heterocycles. The van der Waals surface area contributed by atoms with Gasteiger partial charge in [0.2, 0.25) is 5.91 Å². The number of amidine groups is 1. The fourth-order valence-electron chi connectivity index (χ4n) is 3.11. The summed E-state index contributed by atoms with van der Waals surface area (Å²) in [5.74, 6) is -0.479. The highest BCUT2D eigenvalue weighted by Gasteiger charge is 2.47. The van der Waals surface area contributed by atoms with E-state index in [1.54, 1.807) is 18.9 Å². The number of carbonyl (C=O) groups excluding carboxylic acids is 2. The van der Waals surface area contributed by atoms with Crippen LogP contribution < -0.4 is 0 Å². The number of nitrogens with zero attached hydrogens (tertiary/aromatic N) is 2. The van der Waals surface area contributed by atoms with E-state index in [-0.39, 0.29) is 17.8 Å². The molecule has 6 nitrogen and oxygen atoms in total. The normalized spacial score (nSPS) is 22.0. The summed E-state index contributed by atoms with van der Waals surface area (Å²) in [6.45, 7) is 4.25. The van der Waals surface area contributed by atoms with E-state index in [1.807, 2.05) is 31.2 Å². The number of benzene rings is 1. The van der Waals surface area contributed by atoms with Crippen LogP contribution in [0.4, 0.5) is 0 Å². The second-order valence-corrected chi connectivity index (χ2v) is 8.61. The number of hydrogen-bond donors (Lipinski definition) is 0. The molecule has 1 amide bonds. The van der Waals surface area contributed by atoms with Crippen LogP contribution in [0.15, 0.2) is 40.5 Å². The van der Waals surface area contributed by atoms with Crippen molar-refractivity contribution in [2.45, 2.75) is 31.6 Å². The number of carbonyl (C=O) groups is 2. The van der Waals surface area contributed by atoms with Gasteiger partial charge in [-0.3, -0.25) is 9.69 Å². The predicted molar refractivity (Wildman–Crippen MR) is 113 cm³/mol. The van der Waals surface area contributed by atoms with Gasteiger partial charge >= 0.3 is 5.97 Å². The van der Waals surface area contributed by atoms with E-state index < -0.39 is 12.0 Å². The largest absolute Gasteiger partial charge is 0.460 e. The van der Waals surface area contributed by atoms with Gasteiger partial charge in [-0.15, -0.1) is 0 Å². The number of aliphatic imine (C=N–C) groups is 1. The minimum Gasteiger partial charge on any atom is -0.460 e. The average molecular weight is 500 g/mol. The zero-order valence-electron chi connectivity index (χ0n) is 15.4. The first-order valence-corrected chi connectivity index (χ1v) is 10.6. The summed E-state index contributed by atoms with van der Waals surface area (Å²) in [7, 11) is 1.55. The Balaban J connectivity index is 2.03. The van der Waals surface area contributed by atoms with E-state index in [4.69, 9.17) is 9.47 Å². The van der Waals surface area contributed by atoms with Crippen molar-refractivity contribution in [1.29, 1.82) is 0 Å². The SMILES string of the molecule is CC[C@@H]1SC2=NC(C)=C(C(=O)OCCOC)[C@@H](c3ccc(I)cc3)N2C1=O. The summed E-state index contributed by atoms with van der Waals surface area (Å²) < 4.78 is 11.4. The maximum atomic E-state index is 13.0. The zero-order chi connectivity index (χ0) is 19.6. The predicted octanol–water partition coefficient (Wildman–Crippen LogP) is 3.52. The van der Waals surface area contributed by atoms with Crippen molar-refractivity contribution in [2.75, 3.05) is 20.3 Å². The lowest BCUT2D eigenvalue weighted by Gasteiger charge is -2.33. The summed E-state index contributed by atoms with van der Waals surface area (Å²) in [4.78, 5) is 32.0. The molecule has 27 heavy (non-hydrogen) atoms. The van der Waals surface area contributed by atoms with Crippen LogP contribution in [0.3, 0.4) is 0 Å². The van der Waals surface area contributed by atoms with Crippen LogP contribution >= 0.6 is 34.4 Å². The zero-order valence-corrected chi connectivity index (χ0v) is 18.4. The topological polar surface area (TPSA) is 68.2 Å². The summed E-state index contributed by atoms with van der Waals surface area (Å²) in [6.07, 6.45) is 0.713. The molecule has 2 heterocycles. The number of fused-ring (bicyclic) bond motifs is 1. The Morgan fingerprint density at radius 2 is 2.00 bits per heavy atom. The lowest BCUT2D eigenvalue weighted by molar-refractivity contribution is -0.141. The fourth-order valence-corrected chi connectivity index (χ4v) is 4.60. The number of esters is 1. The van der Waals surface area contributed by atoms with Gasteiger partial charge in [0.15, 0.2) is 5.17 Å². The molecule has 0 bridgehead atoms. The standard InChI is InChI=1S/C19H21IN2O4S/c1-4-14-17(23)22-16(12-5-7-13(20)8-6-12)15(11(2)21-19(22)27-14)18(24)26-10-9-25-3/h5-8,14,16H,4,9-10H2,1-3H3/t14-,16+/m0/s1. The van der Waals surface area contributed by atoms with Gasteiger partial charge in [0.25, 0.3) is 0 Å². The van der Waals surface area contributed by atoms with Crippen LogP contribution in [-0.2, 0) is 19.1 Å². The second-order valence-electron chi connectivity index (χ2n) is 6.20. The first-order chi connectivity index (χ1) is 13.0. The lowest BCUT2D eigenvalue weighted by atomic mass is 9.94. The Morgan fingerprint density at radius 3 is 2.63 bits per heavy atom. The molecule has 2 atom stereocenters. The lowest BCUT2D eigenvalue weighted by Crippen LogP contribution is -2.40. The molecule has 1 aromatic rings. The van der Waals surface area contributed by atoms with Crippen LogP contribution in [0.5, 0.6) is 0 Å². The monoisotopic (exact) mass is 500 g/mol. The molecule has 0 unspecified atom stereocenters. The smallest absolute Gasteiger partial charge is 0.338 e. The van der Waals surface area contributed by atoms with Crippen molar-refractivity contribution < 1.29 is 19.1 Å². The highest BCUT2D eigenvalue weighted by atomic mass is 127. The fraction of sp³-hybridized carbons (Fsp3) is 0.421. The molecule has 0 aliphatic carbocycles. The molecule has 3 rings (SSSR count). The Bertz CT molecular complexity index is 806. The third-order valence-corrected chi connectivity index (χ3v) is 6.49. The van der Waals surface area contributed by atoms with E-state index in [0.29, 0.717) is 29.5 Å². The van der Waals surface area contributed by atoms with Crippen molar-refractivity contribution in [3.63, 3.8) is 0 Å².